The molecule has 0 aliphatic heterocycles. The van der Waals surface area contributed by atoms with Crippen molar-refractivity contribution in [3.63, 3.8) is 0 Å². The van der Waals surface area contributed by atoms with Gasteiger partial charge in [0.15, 0.2) is 0 Å². The van der Waals surface area contributed by atoms with Crippen LogP contribution in [0.4, 0.5) is 4.79 Å². The molecule has 0 aliphatic carbocycles. The third-order valence-electron chi connectivity index (χ3n) is 5.40. The second-order valence-corrected chi connectivity index (χ2v) is 7.67. The molecule has 0 spiro atoms. The fourth-order valence-corrected chi connectivity index (χ4v) is 3.36. The zero-order chi connectivity index (χ0) is 23.3. The molecular formula is C25H27NO6. The Morgan fingerprint density at radius 3 is 2.41 bits per heavy atom. The molecule has 0 saturated carbocycles. The van der Waals surface area contributed by atoms with E-state index in [1.54, 1.807) is 26.0 Å². The van der Waals surface area contributed by atoms with Gasteiger partial charge in [0.25, 0.3) is 0 Å². The van der Waals surface area contributed by atoms with Crippen LogP contribution < -0.4 is 15.7 Å². The summed E-state index contributed by atoms with van der Waals surface area (Å²) in [6.45, 7) is 7.28. The van der Waals surface area contributed by atoms with Crippen molar-refractivity contribution in [2.45, 2.75) is 53.2 Å². The lowest BCUT2D eigenvalue weighted by Gasteiger charge is -2.18. The van der Waals surface area contributed by atoms with E-state index in [9.17, 15) is 14.4 Å². The predicted octanol–water partition coefficient (Wildman–Crippen LogP) is 4.72. The molecule has 32 heavy (non-hydrogen) atoms. The second kappa shape index (κ2) is 10.1. The first-order valence-corrected chi connectivity index (χ1v) is 10.5. The van der Waals surface area contributed by atoms with E-state index < -0.39 is 23.7 Å². The Labute approximate surface area is 186 Å². The first-order chi connectivity index (χ1) is 15.3. The Morgan fingerprint density at radius 2 is 1.72 bits per heavy atom. The van der Waals surface area contributed by atoms with Crippen LogP contribution in [0, 0.1) is 20.8 Å². The maximum absolute atomic E-state index is 12.8. The molecule has 3 rings (SSSR count). The highest BCUT2D eigenvalue weighted by Crippen LogP contribution is 2.29. The van der Waals surface area contributed by atoms with Gasteiger partial charge in [-0.2, -0.15) is 0 Å². The molecule has 0 unspecified atom stereocenters. The lowest BCUT2D eigenvalue weighted by Crippen LogP contribution is -2.43. The molecular weight excluding hydrogens is 410 g/mol. The third-order valence-corrected chi connectivity index (χ3v) is 5.40. The SMILES string of the molecule is CCC[C@H](NC(=O)OCc1ccccc1)C(=O)Oc1ccc2c(C)c(C)c(=O)oc2c1C. The van der Waals surface area contributed by atoms with Gasteiger partial charge in [-0.1, -0.05) is 43.7 Å². The first-order valence-electron chi connectivity index (χ1n) is 10.5. The molecule has 3 aromatic rings. The van der Waals surface area contributed by atoms with Gasteiger partial charge in [0.1, 0.15) is 24.0 Å². The van der Waals surface area contributed by atoms with E-state index in [4.69, 9.17) is 13.9 Å². The highest BCUT2D eigenvalue weighted by atomic mass is 16.6. The summed E-state index contributed by atoms with van der Waals surface area (Å²) < 4.78 is 16.2. The molecule has 7 heteroatoms. The van der Waals surface area contributed by atoms with E-state index in [1.807, 2.05) is 44.2 Å². The average molecular weight is 437 g/mol. The van der Waals surface area contributed by atoms with E-state index in [2.05, 4.69) is 5.32 Å². The fraction of sp³-hybridized carbons (Fsp3) is 0.320. The van der Waals surface area contributed by atoms with Crippen LogP contribution in [-0.4, -0.2) is 18.1 Å². The number of hydrogen-bond donors (Lipinski definition) is 1. The van der Waals surface area contributed by atoms with Crippen LogP contribution in [0.2, 0.25) is 0 Å². The molecule has 0 saturated heterocycles. The van der Waals surface area contributed by atoms with Crippen molar-refractivity contribution >= 4 is 23.0 Å². The minimum Gasteiger partial charge on any atom is -0.445 e. The Balaban J connectivity index is 1.73. The van der Waals surface area contributed by atoms with Crippen LogP contribution in [-0.2, 0) is 16.1 Å². The van der Waals surface area contributed by atoms with Crippen molar-refractivity contribution in [1.29, 1.82) is 0 Å². The number of benzene rings is 2. The van der Waals surface area contributed by atoms with Gasteiger partial charge in [-0.15, -0.1) is 0 Å². The summed E-state index contributed by atoms with van der Waals surface area (Å²) in [5, 5.41) is 3.37. The maximum Gasteiger partial charge on any atom is 0.408 e. The van der Waals surface area contributed by atoms with E-state index in [-0.39, 0.29) is 12.4 Å². The van der Waals surface area contributed by atoms with Gasteiger partial charge < -0.3 is 19.2 Å². The first kappa shape index (κ1) is 23.1. The summed E-state index contributed by atoms with van der Waals surface area (Å²) in [4.78, 5) is 37.1. The van der Waals surface area contributed by atoms with Gasteiger partial charge in [-0.25, -0.2) is 14.4 Å². The summed E-state index contributed by atoms with van der Waals surface area (Å²) in [6, 6.07) is 11.8. The molecule has 1 aromatic heterocycles. The minimum absolute atomic E-state index is 0.0994. The van der Waals surface area contributed by atoms with Crippen molar-refractivity contribution in [3.8, 4) is 5.75 Å². The highest BCUT2D eigenvalue weighted by molar-refractivity contribution is 5.88. The van der Waals surface area contributed by atoms with Crippen LogP contribution in [0.25, 0.3) is 11.0 Å². The number of hydrogen-bond acceptors (Lipinski definition) is 6. The number of fused-ring (bicyclic) bond motifs is 1. The van der Waals surface area contributed by atoms with Gasteiger partial charge in [-0.3, -0.25) is 0 Å². The van der Waals surface area contributed by atoms with Gasteiger partial charge >= 0.3 is 17.7 Å². The van der Waals surface area contributed by atoms with Crippen molar-refractivity contribution in [2.24, 2.45) is 0 Å². The van der Waals surface area contributed by atoms with Crippen molar-refractivity contribution < 1.29 is 23.5 Å². The molecule has 0 radical (unpaired) electrons. The monoisotopic (exact) mass is 437 g/mol. The fourth-order valence-electron chi connectivity index (χ4n) is 3.36. The quantitative estimate of drug-likeness (QED) is 0.327. The van der Waals surface area contributed by atoms with Crippen molar-refractivity contribution in [2.75, 3.05) is 0 Å². The number of rotatable bonds is 7. The summed E-state index contributed by atoms with van der Waals surface area (Å²) in [7, 11) is 0. The standard InChI is InChI=1S/C25H27NO6/c1-5-9-20(26-25(29)30-14-18-10-7-6-8-11-18)24(28)31-21-13-12-19-15(2)16(3)23(27)32-22(19)17(21)4/h6-8,10-13,20H,5,9,14H2,1-4H3,(H,26,29)/t20-/m0/s1. The number of esters is 1. The maximum atomic E-state index is 12.8. The summed E-state index contributed by atoms with van der Waals surface area (Å²) in [5.74, 6) is -0.341. The smallest absolute Gasteiger partial charge is 0.408 e. The lowest BCUT2D eigenvalue weighted by molar-refractivity contribution is -0.136. The molecule has 168 valence electrons. The number of amides is 1. The third kappa shape index (κ3) is 5.17. The van der Waals surface area contributed by atoms with E-state index in [1.165, 1.54) is 0 Å². The Morgan fingerprint density at radius 1 is 1.00 bits per heavy atom. The molecule has 1 N–H and O–H groups in total. The van der Waals surface area contributed by atoms with Gasteiger partial charge in [-0.05, 0) is 50.5 Å². The van der Waals surface area contributed by atoms with Crippen LogP contribution >= 0.6 is 0 Å². The predicted molar refractivity (Wildman–Crippen MR) is 121 cm³/mol. The van der Waals surface area contributed by atoms with Crippen LogP contribution in [0.15, 0.2) is 51.7 Å². The van der Waals surface area contributed by atoms with E-state index >= 15 is 0 Å². The summed E-state index contributed by atoms with van der Waals surface area (Å²) in [5.41, 5.74) is 2.71. The topological polar surface area (TPSA) is 94.8 Å². The van der Waals surface area contributed by atoms with Crippen molar-refractivity contribution in [3.05, 3.63) is 75.1 Å². The van der Waals surface area contributed by atoms with Crippen LogP contribution in [0.3, 0.4) is 0 Å². The van der Waals surface area contributed by atoms with Crippen LogP contribution in [0.5, 0.6) is 5.75 Å². The van der Waals surface area contributed by atoms with E-state index in [0.29, 0.717) is 29.6 Å². The number of nitrogens with one attached hydrogen (secondary N) is 1. The highest BCUT2D eigenvalue weighted by Gasteiger charge is 2.24. The summed E-state index contributed by atoms with van der Waals surface area (Å²) in [6.07, 6.45) is 0.346. The van der Waals surface area contributed by atoms with Gasteiger partial charge in [0, 0.05) is 16.5 Å². The van der Waals surface area contributed by atoms with Crippen LogP contribution in [0.1, 0.15) is 42.0 Å². The zero-order valence-corrected chi connectivity index (χ0v) is 18.7. The summed E-state index contributed by atoms with van der Waals surface area (Å²) >= 11 is 0. The lowest BCUT2D eigenvalue weighted by atomic mass is 10.0. The van der Waals surface area contributed by atoms with Crippen molar-refractivity contribution in [1.82, 2.24) is 5.32 Å². The Kier molecular flexibility index (Phi) is 7.30. The Hall–Kier alpha value is -3.61. The Bertz CT molecular complexity index is 1180. The molecule has 1 amide bonds. The zero-order valence-electron chi connectivity index (χ0n) is 18.7. The number of carbonyl (C=O) groups is 2. The number of ether oxygens (including phenoxy) is 2. The number of carbonyl (C=O) groups excluding carboxylic acids is 2. The minimum atomic E-state index is -0.870. The molecule has 1 heterocycles. The number of aryl methyl sites for hydroxylation is 2. The largest absolute Gasteiger partial charge is 0.445 e. The van der Waals surface area contributed by atoms with Gasteiger partial charge in [0.2, 0.25) is 0 Å². The number of alkyl carbamates (subject to hydrolysis) is 1. The molecule has 7 nitrogen and oxygen atoms in total. The molecule has 2 aromatic carbocycles. The molecule has 0 bridgehead atoms. The van der Waals surface area contributed by atoms with E-state index in [0.717, 1.165) is 16.5 Å². The normalized spacial score (nSPS) is 11.8. The molecule has 1 atom stereocenters. The van der Waals surface area contributed by atoms with Gasteiger partial charge in [0.05, 0.1) is 0 Å². The molecule has 0 fully saturated rings. The average Bonchev–Trinajstić information content (AvgIpc) is 2.79. The second-order valence-electron chi connectivity index (χ2n) is 7.67. The molecule has 0 aliphatic rings.